The Hall–Kier alpha value is -0.900. The van der Waals surface area contributed by atoms with Crippen molar-refractivity contribution in [3.8, 4) is 5.75 Å². The Labute approximate surface area is 89.2 Å². The Morgan fingerprint density at radius 1 is 1.57 bits per heavy atom. The molecule has 0 saturated carbocycles. The Bertz CT molecular complexity index is 403. The van der Waals surface area contributed by atoms with Crippen LogP contribution in [0.1, 0.15) is 23.7 Å². The third-order valence-electron chi connectivity index (χ3n) is 2.10. The van der Waals surface area contributed by atoms with Crippen molar-refractivity contribution in [3.05, 3.63) is 28.0 Å². The third-order valence-corrected chi connectivity index (χ3v) is 2.69. The van der Waals surface area contributed by atoms with Gasteiger partial charge >= 0.3 is 0 Å². The molecule has 14 heavy (non-hydrogen) atoms. The van der Waals surface area contributed by atoms with Crippen molar-refractivity contribution in [2.24, 2.45) is 0 Å². The summed E-state index contributed by atoms with van der Waals surface area (Å²) in [6.45, 7) is 1.82. The minimum absolute atomic E-state index is 0.0704. The van der Waals surface area contributed by atoms with E-state index in [2.05, 4.69) is 15.9 Å². The summed E-state index contributed by atoms with van der Waals surface area (Å²) in [4.78, 5) is 11.5. The molecule has 0 saturated heterocycles. The molecule has 1 aliphatic heterocycles. The summed E-state index contributed by atoms with van der Waals surface area (Å²) in [5, 5.41) is 0. The van der Waals surface area contributed by atoms with Crippen LogP contribution in [0.5, 0.6) is 5.75 Å². The first kappa shape index (κ1) is 9.65. The molecular weight excluding hydrogens is 251 g/mol. The van der Waals surface area contributed by atoms with E-state index in [1.54, 1.807) is 0 Å². The number of hydrogen-bond donors (Lipinski definition) is 0. The minimum Gasteiger partial charge on any atom is -0.488 e. The molecule has 1 atom stereocenters. The second-order valence-electron chi connectivity index (χ2n) is 3.32. The number of carbonyl (C=O) groups excluding carboxylic acids is 1. The van der Waals surface area contributed by atoms with Crippen LogP contribution in [-0.4, -0.2) is 11.9 Å². The fourth-order valence-electron chi connectivity index (χ4n) is 1.50. The van der Waals surface area contributed by atoms with Crippen molar-refractivity contribution in [3.63, 3.8) is 0 Å². The van der Waals surface area contributed by atoms with Crippen molar-refractivity contribution < 1.29 is 13.9 Å². The second-order valence-corrected chi connectivity index (χ2v) is 4.17. The molecule has 1 aliphatic rings. The minimum atomic E-state index is -0.429. The highest BCUT2D eigenvalue weighted by atomic mass is 79.9. The summed E-state index contributed by atoms with van der Waals surface area (Å²) in [5.41, 5.74) is 0.329. The van der Waals surface area contributed by atoms with E-state index in [4.69, 9.17) is 4.74 Å². The normalized spacial score (nSPS) is 20.2. The van der Waals surface area contributed by atoms with Gasteiger partial charge in [0.15, 0.2) is 5.78 Å². The van der Waals surface area contributed by atoms with Crippen molar-refractivity contribution in [2.75, 3.05) is 0 Å². The standard InChI is InChI=1S/C10H8BrFO2/c1-5-2-9(13)7-3-6(12)4-8(11)10(7)14-5/h3-5H,2H2,1H3. The molecule has 1 aromatic rings. The largest absolute Gasteiger partial charge is 0.488 e. The first-order valence-corrected chi connectivity index (χ1v) is 5.06. The van der Waals surface area contributed by atoms with Crippen LogP contribution >= 0.6 is 15.9 Å². The average molecular weight is 259 g/mol. The van der Waals surface area contributed by atoms with E-state index in [1.807, 2.05) is 6.92 Å². The van der Waals surface area contributed by atoms with E-state index in [9.17, 15) is 9.18 Å². The lowest BCUT2D eigenvalue weighted by atomic mass is 10.0. The zero-order valence-corrected chi connectivity index (χ0v) is 9.10. The topological polar surface area (TPSA) is 26.3 Å². The van der Waals surface area contributed by atoms with E-state index >= 15 is 0 Å². The van der Waals surface area contributed by atoms with Gasteiger partial charge in [0.25, 0.3) is 0 Å². The lowest BCUT2D eigenvalue weighted by Crippen LogP contribution is -2.24. The maximum atomic E-state index is 13.0. The number of ether oxygens (including phenoxy) is 1. The molecule has 0 aliphatic carbocycles. The summed E-state index contributed by atoms with van der Waals surface area (Å²) in [6.07, 6.45) is 0.167. The number of halogens is 2. The second kappa shape index (κ2) is 3.35. The van der Waals surface area contributed by atoms with E-state index < -0.39 is 5.82 Å². The molecule has 0 amide bonds. The average Bonchev–Trinajstić information content (AvgIpc) is 2.07. The molecule has 4 heteroatoms. The summed E-state index contributed by atoms with van der Waals surface area (Å²) in [5.74, 6) is -0.0452. The molecule has 2 nitrogen and oxygen atoms in total. The van der Waals surface area contributed by atoms with Gasteiger partial charge in [-0.05, 0) is 35.0 Å². The van der Waals surface area contributed by atoms with Gasteiger partial charge in [-0.2, -0.15) is 0 Å². The predicted molar refractivity (Wildman–Crippen MR) is 53.1 cm³/mol. The molecule has 0 radical (unpaired) electrons. The molecule has 0 N–H and O–H groups in total. The molecule has 2 rings (SSSR count). The van der Waals surface area contributed by atoms with Crippen LogP contribution in [0.25, 0.3) is 0 Å². The molecule has 0 spiro atoms. The van der Waals surface area contributed by atoms with Crippen LogP contribution in [0.4, 0.5) is 4.39 Å². The van der Waals surface area contributed by atoms with E-state index in [0.717, 1.165) is 0 Å². The van der Waals surface area contributed by atoms with Gasteiger partial charge in [0, 0.05) is 6.42 Å². The molecule has 1 heterocycles. The van der Waals surface area contributed by atoms with Crippen molar-refractivity contribution in [1.29, 1.82) is 0 Å². The van der Waals surface area contributed by atoms with Crippen LogP contribution in [0, 0.1) is 5.82 Å². The Morgan fingerprint density at radius 3 is 3.00 bits per heavy atom. The van der Waals surface area contributed by atoms with Gasteiger partial charge in [-0.15, -0.1) is 0 Å². The first-order chi connectivity index (χ1) is 6.58. The lowest BCUT2D eigenvalue weighted by molar-refractivity contribution is 0.0868. The van der Waals surface area contributed by atoms with Gasteiger partial charge < -0.3 is 4.74 Å². The molecule has 1 aromatic carbocycles. The maximum Gasteiger partial charge on any atom is 0.170 e. The molecular formula is C10H8BrFO2. The molecule has 0 bridgehead atoms. The van der Waals surface area contributed by atoms with Gasteiger partial charge in [0.2, 0.25) is 0 Å². The van der Waals surface area contributed by atoms with Gasteiger partial charge in [-0.25, -0.2) is 4.39 Å². The van der Waals surface area contributed by atoms with Crippen LogP contribution in [0.15, 0.2) is 16.6 Å². The van der Waals surface area contributed by atoms with Crippen LogP contribution < -0.4 is 4.74 Å². The van der Waals surface area contributed by atoms with Gasteiger partial charge in [0.05, 0.1) is 10.0 Å². The summed E-state index contributed by atoms with van der Waals surface area (Å²) in [6, 6.07) is 2.51. The zero-order chi connectivity index (χ0) is 10.3. The van der Waals surface area contributed by atoms with Crippen LogP contribution in [-0.2, 0) is 0 Å². The summed E-state index contributed by atoms with van der Waals surface area (Å²) >= 11 is 3.17. The molecule has 0 fully saturated rings. The van der Waals surface area contributed by atoms with Crippen molar-refractivity contribution in [1.82, 2.24) is 0 Å². The van der Waals surface area contributed by atoms with Crippen molar-refractivity contribution >= 4 is 21.7 Å². The highest BCUT2D eigenvalue weighted by Crippen LogP contribution is 2.35. The van der Waals surface area contributed by atoms with Crippen LogP contribution in [0.2, 0.25) is 0 Å². The van der Waals surface area contributed by atoms with Gasteiger partial charge in [-0.3, -0.25) is 4.79 Å². The summed E-state index contributed by atoms with van der Waals surface area (Å²) in [7, 11) is 0. The smallest absolute Gasteiger partial charge is 0.170 e. The highest BCUT2D eigenvalue weighted by molar-refractivity contribution is 9.10. The SMILES string of the molecule is CC1CC(=O)c2cc(F)cc(Br)c2O1. The van der Waals surface area contributed by atoms with E-state index in [1.165, 1.54) is 12.1 Å². The molecule has 0 aromatic heterocycles. The fraction of sp³-hybridized carbons (Fsp3) is 0.300. The molecule has 74 valence electrons. The quantitative estimate of drug-likeness (QED) is 0.716. The Kier molecular flexibility index (Phi) is 2.31. The number of carbonyl (C=O) groups is 1. The Morgan fingerprint density at radius 2 is 2.29 bits per heavy atom. The fourth-order valence-corrected chi connectivity index (χ4v) is 2.03. The number of rotatable bonds is 0. The van der Waals surface area contributed by atoms with Crippen molar-refractivity contribution in [2.45, 2.75) is 19.4 Å². The highest BCUT2D eigenvalue weighted by Gasteiger charge is 2.26. The third kappa shape index (κ3) is 1.54. The van der Waals surface area contributed by atoms with Gasteiger partial charge in [-0.1, -0.05) is 0 Å². The number of benzene rings is 1. The molecule has 1 unspecified atom stereocenters. The number of fused-ring (bicyclic) bond motifs is 1. The Balaban J connectivity index is 2.59. The maximum absolute atomic E-state index is 13.0. The lowest BCUT2D eigenvalue weighted by Gasteiger charge is -2.23. The number of ketones is 1. The zero-order valence-electron chi connectivity index (χ0n) is 7.51. The predicted octanol–water partition coefficient (Wildman–Crippen LogP) is 2.94. The van der Waals surface area contributed by atoms with E-state index in [-0.39, 0.29) is 11.9 Å². The van der Waals surface area contributed by atoms with E-state index in [0.29, 0.717) is 22.2 Å². The number of Topliss-reactive ketones (excluding diaryl/α,β-unsaturated/α-hetero) is 1. The van der Waals surface area contributed by atoms with Crippen LogP contribution in [0.3, 0.4) is 0 Å². The number of hydrogen-bond acceptors (Lipinski definition) is 2. The monoisotopic (exact) mass is 258 g/mol. The van der Waals surface area contributed by atoms with Gasteiger partial charge in [0.1, 0.15) is 17.7 Å². The first-order valence-electron chi connectivity index (χ1n) is 4.27. The summed E-state index contributed by atoms with van der Waals surface area (Å²) < 4.78 is 18.9.